The van der Waals surface area contributed by atoms with E-state index in [9.17, 15) is 14.7 Å². The number of imidazole rings is 1. The molecular weight excluding hydrogens is 552 g/mol. The molecule has 1 aromatic heterocycles. The molecule has 8 nitrogen and oxygen atoms in total. The number of carbonyl (C=O) groups is 1. The molecule has 5 aromatic rings. The van der Waals surface area contributed by atoms with E-state index in [0.29, 0.717) is 39.1 Å². The number of likely N-dealkylation sites (tertiary alicyclic amines) is 1. The number of para-hydroxylation sites is 2. The summed E-state index contributed by atoms with van der Waals surface area (Å²) in [6.07, 6.45) is 0.194. The Hall–Kier alpha value is -4.82. The van der Waals surface area contributed by atoms with E-state index in [1.165, 1.54) is 0 Å². The van der Waals surface area contributed by atoms with Crippen molar-refractivity contribution >= 4 is 17.1 Å². The van der Waals surface area contributed by atoms with E-state index < -0.39 is 6.09 Å². The molecule has 3 atom stereocenters. The number of amides is 1. The second kappa shape index (κ2) is 13.2. The molecule has 1 aliphatic heterocycles. The molecule has 4 aromatic carbocycles. The first-order valence-corrected chi connectivity index (χ1v) is 15.2. The number of fused-ring (bicyclic) bond motifs is 1. The van der Waals surface area contributed by atoms with Crippen LogP contribution < -0.4 is 10.4 Å². The molecule has 44 heavy (non-hydrogen) atoms. The van der Waals surface area contributed by atoms with Crippen LogP contribution in [-0.2, 0) is 19.7 Å². The predicted molar refractivity (Wildman–Crippen MR) is 172 cm³/mol. The summed E-state index contributed by atoms with van der Waals surface area (Å²) in [5.74, 6) is 0.794. The summed E-state index contributed by atoms with van der Waals surface area (Å²) in [6, 6.07) is 35.6. The molecule has 1 fully saturated rings. The first-order valence-electron chi connectivity index (χ1n) is 15.2. The molecule has 2 heterocycles. The third-order valence-corrected chi connectivity index (χ3v) is 8.75. The molecular formula is C36H38N4O4. The lowest BCUT2D eigenvalue weighted by molar-refractivity contribution is 0.0373. The van der Waals surface area contributed by atoms with Gasteiger partial charge in [-0.3, -0.25) is 9.47 Å². The van der Waals surface area contributed by atoms with Gasteiger partial charge in [0, 0.05) is 31.7 Å². The average Bonchev–Trinajstić information content (AvgIpc) is 3.39. The Bertz CT molecular complexity index is 1750. The molecule has 6 rings (SSSR count). The van der Waals surface area contributed by atoms with Crippen molar-refractivity contribution in [2.24, 2.45) is 0 Å². The normalized spacial score (nSPS) is 17.5. The standard InChI is InChI=1S/C36H38N4O4/c1-26(34-22-30(19-20-39(34)36(42)43)40-33-18-9-8-17-32(33)37-35(40)41)38(23-27-11-4-2-5-12-27)24-29-15-10-16-31(21-29)44-25-28-13-6-3-7-14-28/h2-18,21,26,30,34H,19-20,22-25H2,1H3,(H,37,41)(H,42,43). The highest BCUT2D eigenvalue weighted by atomic mass is 16.5. The van der Waals surface area contributed by atoms with Crippen molar-refractivity contribution in [3.05, 3.63) is 136 Å². The maximum atomic E-state index is 13.1. The van der Waals surface area contributed by atoms with Crippen molar-refractivity contribution < 1.29 is 14.6 Å². The minimum atomic E-state index is -0.928. The SMILES string of the molecule is CC(C1CC(n2c(=O)[nH]c3ccccc32)CCN1C(=O)O)N(Cc1ccccc1)Cc1cccc(OCc2ccccc2)c1. The maximum Gasteiger partial charge on any atom is 0.407 e. The number of nitrogens with one attached hydrogen (secondary N) is 1. The molecule has 226 valence electrons. The van der Waals surface area contributed by atoms with Crippen molar-refractivity contribution in [3.63, 3.8) is 0 Å². The van der Waals surface area contributed by atoms with Crippen molar-refractivity contribution in [1.29, 1.82) is 0 Å². The molecule has 1 aliphatic rings. The Morgan fingerprint density at radius 2 is 1.57 bits per heavy atom. The third kappa shape index (κ3) is 6.55. The number of rotatable bonds is 10. The van der Waals surface area contributed by atoms with Gasteiger partial charge in [0.2, 0.25) is 0 Å². The van der Waals surface area contributed by atoms with E-state index in [4.69, 9.17) is 4.74 Å². The second-order valence-electron chi connectivity index (χ2n) is 11.6. The second-order valence-corrected chi connectivity index (χ2v) is 11.6. The summed E-state index contributed by atoms with van der Waals surface area (Å²) in [7, 11) is 0. The first kappa shape index (κ1) is 29.3. The number of aromatic nitrogens is 2. The minimum absolute atomic E-state index is 0.116. The molecule has 0 bridgehead atoms. The highest BCUT2D eigenvalue weighted by Crippen LogP contribution is 2.33. The monoisotopic (exact) mass is 590 g/mol. The number of nitrogens with zero attached hydrogens (tertiary/aromatic N) is 3. The average molecular weight is 591 g/mol. The van der Waals surface area contributed by atoms with Crippen molar-refractivity contribution in [2.75, 3.05) is 6.54 Å². The fourth-order valence-corrected chi connectivity index (χ4v) is 6.46. The zero-order chi connectivity index (χ0) is 30.5. The van der Waals surface area contributed by atoms with Crippen LogP contribution >= 0.6 is 0 Å². The lowest BCUT2D eigenvalue weighted by Gasteiger charge is -2.44. The van der Waals surface area contributed by atoms with Gasteiger partial charge in [0.05, 0.1) is 17.1 Å². The van der Waals surface area contributed by atoms with Gasteiger partial charge in [0.1, 0.15) is 12.4 Å². The summed E-state index contributed by atoms with van der Waals surface area (Å²) in [6.45, 7) is 4.22. The van der Waals surface area contributed by atoms with E-state index >= 15 is 0 Å². The fourth-order valence-electron chi connectivity index (χ4n) is 6.46. The van der Waals surface area contributed by atoms with Gasteiger partial charge < -0.3 is 19.7 Å². The zero-order valence-corrected chi connectivity index (χ0v) is 24.9. The molecule has 1 amide bonds. The fraction of sp³-hybridized carbons (Fsp3) is 0.278. The molecule has 1 saturated heterocycles. The van der Waals surface area contributed by atoms with Gasteiger partial charge in [-0.15, -0.1) is 0 Å². The first-order chi connectivity index (χ1) is 21.5. The van der Waals surface area contributed by atoms with E-state index in [1.807, 2.05) is 89.5 Å². The minimum Gasteiger partial charge on any atom is -0.489 e. The molecule has 8 heteroatoms. The number of hydrogen-bond donors (Lipinski definition) is 2. The predicted octanol–water partition coefficient (Wildman–Crippen LogP) is 6.68. The van der Waals surface area contributed by atoms with Crippen LogP contribution in [0.4, 0.5) is 4.79 Å². The summed E-state index contributed by atoms with van der Waals surface area (Å²) in [4.78, 5) is 32.5. The number of ether oxygens (including phenoxy) is 1. The van der Waals surface area contributed by atoms with E-state index in [2.05, 4.69) is 41.1 Å². The summed E-state index contributed by atoms with van der Waals surface area (Å²) >= 11 is 0. The van der Waals surface area contributed by atoms with Crippen LogP contribution in [0.2, 0.25) is 0 Å². The van der Waals surface area contributed by atoms with Gasteiger partial charge in [-0.2, -0.15) is 0 Å². The Kier molecular flexibility index (Phi) is 8.79. The van der Waals surface area contributed by atoms with Gasteiger partial charge >= 0.3 is 11.8 Å². The number of hydrogen-bond acceptors (Lipinski definition) is 4. The molecule has 0 radical (unpaired) electrons. The molecule has 3 unspecified atom stereocenters. The van der Waals surface area contributed by atoms with Crippen LogP contribution in [0.1, 0.15) is 42.5 Å². The maximum absolute atomic E-state index is 13.1. The van der Waals surface area contributed by atoms with Crippen molar-refractivity contribution in [3.8, 4) is 5.75 Å². The van der Waals surface area contributed by atoms with Gasteiger partial charge in [-0.1, -0.05) is 84.9 Å². The van der Waals surface area contributed by atoms with E-state index in [-0.39, 0.29) is 23.8 Å². The highest BCUT2D eigenvalue weighted by Gasteiger charge is 2.38. The van der Waals surface area contributed by atoms with E-state index in [1.54, 1.807) is 4.90 Å². The lowest BCUT2D eigenvalue weighted by atomic mass is 9.91. The van der Waals surface area contributed by atoms with Crippen LogP contribution in [-0.4, -0.2) is 49.2 Å². The molecule has 2 N–H and O–H groups in total. The Balaban J connectivity index is 1.27. The van der Waals surface area contributed by atoms with Crippen LogP contribution in [0.15, 0.2) is 114 Å². The van der Waals surface area contributed by atoms with Gasteiger partial charge in [0.15, 0.2) is 0 Å². The smallest absolute Gasteiger partial charge is 0.407 e. The number of H-pyrrole nitrogens is 1. The summed E-state index contributed by atoms with van der Waals surface area (Å²) in [5, 5.41) is 10.3. The number of piperidine rings is 1. The van der Waals surface area contributed by atoms with E-state index in [0.717, 1.165) is 33.5 Å². The summed E-state index contributed by atoms with van der Waals surface area (Å²) < 4.78 is 7.94. The number of aromatic amines is 1. The molecule has 0 spiro atoms. The van der Waals surface area contributed by atoms with Crippen LogP contribution in [0.25, 0.3) is 11.0 Å². The molecule has 0 aliphatic carbocycles. The van der Waals surface area contributed by atoms with Crippen molar-refractivity contribution in [2.45, 2.75) is 57.6 Å². The van der Waals surface area contributed by atoms with Crippen LogP contribution in [0.3, 0.4) is 0 Å². The largest absolute Gasteiger partial charge is 0.489 e. The van der Waals surface area contributed by atoms with Crippen LogP contribution in [0.5, 0.6) is 5.75 Å². The lowest BCUT2D eigenvalue weighted by Crippen LogP contribution is -2.55. The van der Waals surface area contributed by atoms with Crippen molar-refractivity contribution in [1.82, 2.24) is 19.4 Å². The van der Waals surface area contributed by atoms with Gasteiger partial charge in [-0.25, -0.2) is 9.59 Å². The topological polar surface area (TPSA) is 90.8 Å². The number of carboxylic acid groups (broad SMARTS) is 1. The Morgan fingerprint density at radius 3 is 2.32 bits per heavy atom. The quantitative estimate of drug-likeness (QED) is 0.189. The molecule has 0 saturated carbocycles. The van der Waals surface area contributed by atoms with Gasteiger partial charge in [-0.05, 0) is 60.7 Å². The van der Waals surface area contributed by atoms with Crippen LogP contribution in [0, 0.1) is 0 Å². The number of benzene rings is 4. The third-order valence-electron chi connectivity index (χ3n) is 8.75. The Morgan fingerprint density at radius 1 is 0.909 bits per heavy atom. The summed E-state index contributed by atoms with van der Waals surface area (Å²) in [5.41, 5.74) is 4.83. The highest BCUT2D eigenvalue weighted by molar-refractivity contribution is 5.75. The van der Waals surface area contributed by atoms with Gasteiger partial charge in [0.25, 0.3) is 0 Å². The Labute approximate surface area is 257 Å². The zero-order valence-electron chi connectivity index (χ0n) is 24.9.